The molecule has 2 N–H and O–H groups in total. The first-order valence-corrected chi connectivity index (χ1v) is 8.03. The molecule has 2 aromatic rings. The first kappa shape index (κ1) is 20.9. The Labute approximate surface area is 157 Å². The lowest BCUT2D eigenvalue weighted by Crippen LogP contribution is -2.35. The quantitative estimate of drug-likeness (QED) is 0.876. The molecule has 1 fully saturated rings. The molecule has 1 aliphatic rings. The van der Waals surface area contributed by atoms with Crippen LogP contribution in [0.3, 0.4) is 0 Å². The molecule has 1 aliphatic heterocycles. The minimum absolute atomic E-state index is 0. The normalized spacial score (nSPS) is 14.5. The summed E-state index contributed by atoms with van der Waals surface area (Å²) in [5, 5.41) is 0. The fraction of sp³-hybridized carbons (Fsp3) is 0.368. The van der Waals surface area contributed by atoms with E-state index in [2.05, 4.69) is 53.4 Å². The zero-order chi connectivity index (χ0) is 15.2. The van der Waals surface area contributed by atoms with Gasteiger partial charge < -0.3 is 10.5 Å². The molecular formula is C19H26Cl2N2O. The molecule has 0 saturated carbocycles. The average molecular weight is 369 g/mol. The predicted molar refractivity (Wildman–Crippen MR) is 105 cm³/mol. The van der Waals surface area contributed by atoms with Gasteiger partial charge in [-0.1, -0.05) is 42.5 Å². The van der Waals surface area contributed by atoms with Crippen molar-refractivity contribution < 1.29 is 4.74 Å². The summed E-state index contributed by atoms with van der Waals surface area (Å²) in [6.45, 7) is 5.44. The number of hydrogen-bond acceptors (Lipinski definition) is 3. The van der Waals surface area contributed by atoms with E-state index in [4.69, 9.17) is 10.5 Å². The molecule has 5 heteroatoms. The summed E-state index contributed by atoms with van der Waals surface area (Å²) in [5.74, 6) is 0. The van der Waals surface area contributed by atoms with Crippen LogP contribution in [0.1, 0.15) is 11.1 Å². The fourth-order valence-electron chi connectivity index (χ4n) is 2.94. The Morgan fingerprint density at radius 1 is 0.875 bits per heavy atom. The Morgan fingerprint density at radius 2 is 1.46 bits per heavy atom. The van der Waals surface area contributed by atoms with Gasteiger partial charge in [0.2, 0.25) is 0 Å². The van der Waals surface area contributed by atoms with Gasteiger partial charge in [-0.3, -0.25) is 4.90 Å². The van der Waals surface area contributed by atoms with Crippen LogP contribution in [0.2, 0.25) is 0 Å². The Morgan fingerprint density at radius 3 is 2.08 bits per heavy atom. The summed E-state index contributed by atoms with van der Waals surface area (Å²) < 4.78 is 5.41. The van der Waals surface area contributed by atoms with Crippen LogP contribution in [0.25, 0.3) is 11.1 Å². The first-order chi connectivity index (χ1) is 10.8. The van der Waals surface area contributed by atoms with Crippen molar-refractivity contribution in [3.05, 3.63) is 59.7 Å². The van der Waals surface area contributed by atoms with E-state index in [1.807, 2.05) is 0 Å². The van der Waals surface area contributed by atoms with Crippen LogP contribution in [-0.4, -0.2) is 37.7 Å². The summed E-state index contributed by atoms with van der Waals surface area (Å²) in [5.41, 5.74) is 10.9. The molecular weight excluding hydrogens is 343 g/mol. The van der Waals surface area contributed by atoms with Crippen LogP contribution < -0.4 is 5.73 Å². The van der Waals surface area contributed by atoms with Crippen LogP contribution >= 0.6 is 24.8 Å². The number of nitrogens with two attached hydrogens (primary N) is 1. The van der Waals surface area contributed by atoms with E-state index >= 15 is 0 Å². The summed E-state index contributed by atoms with van der Waals surface area (Å²) >= 11 is 0. The highest BCUT2D eigenvalue weighted by molar-refractivity contribution is 5.85. The Balaban J connectivity index is 0.00000144. The molecule has 24 heavy (non-hydrogen) atoms. The maximum Gasteiger partial charge on any atom is 0.0594 e. The number of rotatable bonds is 5. The average Bonchev–Trinajstić information content (AvgIpc) is 2.57. The van der Waals surface area contributed by atoms with Gasteiger partial charge in [0.05, 0.1) is 13.2 Å². The lowest BCUT2D eigenvalue weighted by atomic mass is 10.00. The minimum Gasteiger partial charge on any atom is -0.379 e. The Kier molecular flexibility index (Phi) is 9.34. The van der Waals surface area contributed by atoms with E-state index in [-0.39, 0.29) is 24.8 Å². The molecule has 0 atom stereocenters. The number of nitrogens with zero attached hydrogens (tertiary/aromatic N) is 1. The molecule has 1 heterocycles. The van der Waals surface area contributed by atoms with Gasteiger partial charge in [-0.05, 0) is 41.3 Å². The van der Waals surface area contributed by atoms with Crippen LogP contribution in [0, 0.1) is 0 Å². The number of ether oxygens (including phenoxy) is 1. The highest BCUT2D eigenvalue weighted by Crippen LogP contribution is 2.22. The monoisotopic (exact) mass is 368 g/mol. The summed E-state index contributed by atoms with van der Waals surface area (Å²) in [4.78, 5) is 2.45. The number of halogens is 2. The van der Waals surface area contributed by atoms with Gasteiger partial charge in [-0.15, -0.1) is 24.8 Å². The van der Waals surface area contributed by atoms with E-state index < -0.39 is 0 Å². The standard InChI is InChI=1S/C19H24N2O.2ClH/c20-8-7-16-3-1-5-18(13-16)19-6-2-4-17(14-19)15-21-9-11-22-12-10-21;;/h1-6,13-14H,7-12,15,20H2;2*1H. The van der Waals surface area contributed by atoms with E-state index in [0.29, 0.717) is 6.54 Å². The van der Waals surface area contributed by atoms with Gasteiger partial charge >= 0.3 is 0 Å². The third-order valence-electron chi connectivity index (χ3n) is 4.13. The summed E-state index contributed by atoms with van der Waals surface area (Å²) in [6, 6.07) is 17.5. The van der Waals surface area contributed by atoms with Crippen molar-refractivity contribution in [2.24, 2.45) is 5.73 Å². The van der Waals surface area contributed by atoms with E-state index in [1.54, 1.807) is 0 Å². The Bertz CT molecular complexity index is 616. The largest absolute Gasteiger partial charge is 0.379 e. The van der Waals surface area contributed by atoms with Crippen LogP contribution in [0.15, 0.2) is 48.5 Å². The molecule has 0 aromatic heterocycles. The molecule has 0 amide bonds. The molecule has 2 aromatic carbocycles. The maximum absolute atomic E-state index is 5.66. The molecule has 0 unspecified atom stereocenters. The van der Waals surface area contributed by atoms with Crippen molar-refractivity contribution in [2.75, 3.05) is 32.8 Å². The number of hydrogen-bond donors (Lipinski definition) is 1. The van der Waals surface area contributed by atoms with Gasteiger partial charge in [0.1, 0.15) is 0 Å². The maximum atomic E-state index is 5.66. The van der Waals surface area contributed by atoms with Gasteiger partial charge in [-0.2, -0.15) is 0 Å². The van der Waals surface area contributed by atoms with Crippen LogP contribution in [-0.2, 0) is 17.7 Å². The molecule has 1 saturated heterocycles. The van der Waals surface area contributed by atoms with E-state index in [1.165, 1.54) is 22.3 Å². The third kappa shape index (κ3) is 5.76. The van der Waals surface area contributed by atoms with Crippen molar-refractivity contribution in [2.45, 2.75) is 13.0 Å². The first-order valence-electron chi connectivity index (χ1n) is 8.03. The zero-order valence-electron chi connectivity index (χ0n) is 13.8. The van der Waals surface area contributed by atoms with E-state index in [0.717, 1.165) is 39.3 Å². The molecule has 132 valence electrons. The van der Waals surface area contributed by atoms with Crippen molar-refractivity contribution in [1.82, 2.24) is 4.90 Å². The minimum atomic E-state index is 0. The van der Waals surface area contributed by atoms with Crippen molar-refractivity contribution in [3.63, 3.8) is 0 Å². The van der Waals surface area contributed by atoms with Crippen LogP contribution in [0.4, 0.5) is 0 Å². The van der Waals surface area contributed by atoms with Gasteiger partial charge in [0.25, 0.3) is 0 Å². The van der Waals surface area contributed by atoms with E-state index in [9.17, 15) is 0 Å². The lowest BCUT2D eigenvalue weighted by Gasteiger charge is -2.26. The molecule has 3 rings (SSSR count). The molecule has 0 aliphatic carbocycles. The molecule has 0 spiro atoms. The number of morpholine rings is 1. The second-order valence-electron chi connectivity index (χ2n) is 5.83. The Hall–Kier alpha value is -1.10. The summed E-state index contributed by atoms with van der Waals surface area (Å²) in [7, 11) is 0. The molecule has 0 radical (unpaired) electrons. The van der Waals surface area contributed by atoms with Crippen LogP contribution in [0.5, 0.6) is 0 Å². The van der Waals surface area contributed by atoms with Crippen molar-refractivity contribution >= 4 is 24.8 Å². The zero-order valence-corrected chi connectivity index (χ0v) is 15.5. The highest BCUT2D eigenvalue weighted by Gasteiger charge is 2.11. The molecule has 0 bridgehead atoms. The van der Waals surface area contributed by atoms with Gasteiger partial charge in [0, 0.05) is 19.6 Å². The summed E-state index contributed by atoms with van der Waals surface area (Å²) in [6.07, 6.45) is 0.932. The number of benzene rings is 2. The predicted octanol–water partition coefficient (Wildman–Crippen LogP) is 3.53. The highest BCUT2D eigenvalue weighted by atomic mass is 35.5. The van der Waals surface area contributed by atoms with Crippen molar-refractivity contribution in [3.8, 4) is 11.1 Å². The van der Waals surface area contributed by atoms with Gasteiger partial charge in [0.15, 0.2) is 0 Å². The topological polar surface area (TPSA) is 38.5 Å². The third-order valence-corrected chi connectivity index (χ3v) is 4.13. The lowest BCUT2D eigenvalue weighted by molar-refractivity contribution is 0.0342. The van der Waals surface area contributed by atoms with Gasteiger partial charge in [-0.25, -0.2) is 0 Å². The smallest absolute Gasteiger partial charge is 0.0594 e. The van der Waals surface area contributed by atoms with Crippen molar-refractivity contribution in [1.29, 1.82) is 0 Å². The fourth-order valence-corrected chi connectivity index (χ4v) is 2.94. The SMILES string of the molecule is Cl.Cl.NCCc1cccc(-c2cccc(CN3CCOCC3)c2)c1. The second-order valence-corrected chi connectivity index (χ2v) is 5.83. The second kappa shape index (κ2) is 10.7. The molecule has 3 nitrogen and oxygen atoms in total.